The molecule has 0 bridgehead atoms. The number of hydrogen-bond donors (Lipinski definition) is 1. The van der Waals surface area contributed by atoms with E-state index >= 15 is 0 Å². The Bertz CT molecular complexity index is 778. The zero-order valence-corrected chi connectivity index (χ0v) is 14.3. The maximum Gasteiger partial charge on any atom is 0.183 e. The van der Waals surface area contributed by atoms with Gasteiger partial charge in [-0.05, 0) is 51.8 Å². The van der Waals surface area contributed by atoms with Gasteiger partial charge in [0.1, 0.15) is 5.75 Å². The van der Waals surface area contributed by atoms with Crippen molar-refractivity contribution in [3.8, 4) is 5.75 Å². The molecule has 0 atom stereocenters. The quantitative estimate of drug-likeness (QED) is 0.809. The second-order valence-corrected chi connectivity index (χ2v) is 7.64. The van der Waals surface area contributed by atoms with E-state index in [0.717, 1.165) is 0 Å². The maximum atomic E-state index is 12.4. The lowest BCUT2D eigenvalue weighted by molar-refractivity contribution is 0.412. The Morgan fingerprint density at radius 2 is 1.95 bits per heavy atom. The van der Waals surface area contributed by atoms with Gasteiger partial charge in [-0.15, -0.1) is 0 Å². The highest BCUT2D eigenvalue weighted by Crippen LogP contribution is 2.30. The van der Waals surface area contributed by atoms with Gasteiger partial charge in [0.2, 0.25) is 0 Å². The topological polar surface area (TPSA) is 69.4 Å². The summed E-state index contributed by atoms with van der Waals surface area (Å²) in [4.78, 5) is 0.0744. The number of sulfone groups is 1. The summed E-state index contributed by atoms with van der Waals surface area (Å²) >= 11 is 9.30. The van der Waals surface area contributed by atoms with Gasteiger partial charge in [0, 0.05) is 5.69 Å². The maximum absolute atomic E-state index is 12.4. The number of methoxy groups -OCH3 is 1. The Labute approximate surface area is 136 Å². The first-order valence-corrected chi connectivity index (χ1v) is 8.76. The fourth-order valence-corrected chi connectivity index (χ4v) is 4.40. The average molecular weight is 391 g/mol. The van der Waals surface area contributed by atoms with Gasteiger partial charge < -0.3 is 10.5 Å². The van der Waals surface area contributed by atoms with Crippen LogP contribution in [0.4, 0.5) is 5.69 Å². The lowest BCUT2D eigenvalue weighted by Crippen LogP contribution is -2.06. The summed E-state index contributed by atoms with van der Waals surface area (Å²) in [5, 5.41) is 0.127. The summed E-state index contributed by atoms with van der Waals surface area (Å²) in [5.41, 5.74) is 6.63. The monoisotopic (exact) mass is 389 g/mol. The van der Waals surface area contributed by atoms with Gasteiger partial charge in [-0.25, -0.2) is 8.42 Å². The smallest absolute Gasteiger partial charge is 0.183 e. The second kappa shape index (κ2) is 6.25. The van der Waals surface area contributed by atoms with Crippen LogP contribution < -0.4 is 10.5 Å². The van der Waals surface area contributed by atoms with Crippen LogP contribution in [-0.2, 0) is 15.6 Å². The summed E-state index contributed by atoms with van der Waals surface area (Å²) in [6, 6.07) is 9.49. The molecular formula is C14H13BrClNO3S. The van der Waals surface area contributed by atoms with E-state index < -0.39 is 9.84 Å². The molecule has 21 heavy (non-hydrogen) atoms. The zero-order chi connectivity index (χ0) is 15.6. The molecule has 2 N–H and O–H groups in total. The Hall–Kier alpha value is -1.24. The van der Waals surface area contributed by atoms with Crippen LogP contribution >= 0.6 is 27.5 Å². The van der Waals surface area contributed by atoms with E-state index in [1.165, 1.54) is 18.2 Å². The molecule has 4 nitrogen and oxygen atoms in total. The highest BCUT2D eigenvalue weighted by molar-refractivity contribution is 9.10. The fourth-order valence-electron chi connectivity index (χ4n) is 1.87. The van der Waals surface area contributed by atoms with Crippen LogP contribution in [-0.4, -0.2) is 15.5 Å². The number of nitrogen functional groups attached to an aromatic ring is 1. The number of benzene rings is 2. The van der Waals surface area contributed by atoms with Crippen molar-refractivity contribution in [2.45, 2.75) is 10.6 Å². The van der Waals surface area contributed by atoms with E-state index in [2.05, 4.69) is 15.9 Å². The minimum absolute atomic E-state index is 0.0744. The van der Waals surface area contributed by atoms with Crippen molar-refractivity contribution in [1.29, 1.82) is 0 Å². The molecule has 112 valence electrons. The van der Waals surface area contributed by atoms with E-state index in [1.807, 2.05) is 0 Å². The molecule has 0 radical (unpaired) electrons. The predicted molar refractivity (Wildman–Crippen MR) is 87.4 cm³/mol. The van der Waals surface area contributed by atoms with Gasteiger partial charge in [0.25, 0.3) is 0 Å². The molecule has 0 saturated heterocycles. The van der Waals surface area contributed by atoms with Crippen LogP contribution in [0, 0.1) is 0 Å². The van der Waals surface area contributed by atoms with E-state index in [-0.39, 0.29) is 15.7 Å². The first-order chi connectivity index (χ1) is 9.83. The van der Waals surface area contributed by atoms with Crippen molar-refractivity contribution in [2.75, 3.05) is 12.8 Å². The van der Waals surface area contributed by atoms with Gasteiger partial charge in [0.05, 0.1) is 27.3 Å². The van der Waals surface area contributed by atoms with Gasteiger partial charge in [-0.2, -0.15) is 0 Å². The normalized spacial score (nSPS) is 11.4. The predicted octanol–water partition coefficient (Wildman–Crippen LogP) is 3.67. The number of halogens is 2. The third kappa shape index (κ3) is 3.70. The molecule has 0 heterocycles. The van der Waals surface area contributed by atoms with Crippen LogP contribution in [0.25, 0.3) is 0 Å². The molecule has 0 saturated carbocycles. The Morgan fingerprint density at radius 3 is 2.52 bits per heavy atom. The van der Waals surface area contributed by atoms with Gasteiger partial charge in [-0.1, -0.05) is 17.7 Å². The number of anilines is 1. The van der Waals surface area contributed by atoms with E-state index in [4.69, 9.17) is 22.1 Å². The number of nitrogens with two attached hydrogens (primary N) is 1. The van der Waals surface area contributed by atoms with Crippen LogP contribution in [0.2, 0.25) is 5.02 Å². The van der Waals surface area contributed by atoms with Crippen molar-refractivity contribution in [3.05, 3.63) is 51.5 Å². The molecule has 0 unspecified atom stereocenters. The van der Waals surface area contributed by atoms with Crippen molar-refractivity contribution < 1.29 is 13.2 Å². The van der Waals surface area contributed by atoms with E-state index in [9.17, 15) is 8.42 Å². The van der Waals surface area contributed by atoms with Gasteiger partial charge in [-0.3, -0.25) is 0 Å². The van der Waals surface area contributed by atoms with Crippen molar-refractivity contribution in [2.24, 2.45) is 0 Å². The summed E-state index contributed by atoms with van der Waals surface area (Å²) in [6.45, 7) is 0. The molecular weight excluding hydrogens is 378 g/mol. The van der Waals surface area contributed by atoms with Crippen molar-refractivity contribution >= 4 is 43.1 Å². The third-order valence-corrected chi connectivity index (χ3v) is 5.65. The SMILES string of the molecule is COc1ccc(CS(=O)(=O)c2ccc(N)cc2Cl)cc1Br. The Balaban J connectivity index is 2.35. The van der Waals surface area contributed by atoms with Gasteiger partial charge >= 0.3 is 0 Å². The highest BCUT2D eigenvalue weighted by Gasteiger charge is 2.19. The fraction of sp³-hybridized carbons (Fsp3) is 0.143. The number of rotatable bonds is 4. The minimum atomic E-state index is -3.55. The minimum Gasteiger partial charge on any atom is -0.496 e. The van der Waals surface area contributed by atoms with Crippen LogP contribution in [0.15, 0.2) is 45.8 Å². The summed E-state index contributed by atoms with van der Waals surface area (Å²) in [6.07, 6.45) is 0. The van der Waals surface area contributed by atoms with Crippen LogP contribution in [0.1, 0.15) is 5.56 Å². The molecule has 7 heteroatoms. The molecule has 0 fully saturated rings. The first kappa shape index (κ1) is 16.1. The second-order valence-electron chi connectivity index (χ2n) is 4.42. The largest absolute Gasteiger partial charge is 0.496 e. The molecule has 2 aromatic carbocycles. The number of ether oxygens (including phenoxy) is 1. The Morgan fingerprint density at radius 1 is 1.24 bits per heavy atom. The molecule has 2 aromatic rings. The lowest BCUT2D eigenvalue weighted by atomic mass is 10.2. The molecule has 0 aromatic heterocycles. The van der Waals surface area contributed by atoms with Gasteiger partial charge in [0.15, 0.2) is 9.84 Å². The molecule has 0 aliphatic carbocycles. The summed E-state index contributed by atoms with van der Waals surface area (Å²) in [7, 11) is -2.00. The molecule has 0 aliphatic heterocycles. The zero-order valence-electron chi connectivity index (χ0n) is 11.1. The molecule has 0 spiro atoms. The van der Waals surface area contributed by atoms with E-state index in [1.54, 1.807) is 25.3 Å². The van der Waals surface area contributed by atoms with Crippen LogP contribution in [0.5, 0.6) is 5.75 Å². The first-order valence-electron chi connectivity index (χ1n) is 5.93. The number of hydrogen-bond acceptors (Lipinski definition) is 4. The lowest BCUT2D eigenvalue weighted by Gasteiger charge is -2.09. The van der Waals surface area contributed by atoms with Crippen molar-refractivity contribution in [1.82, 2.24) is 0 Å². The van der Waals surface area contributed by atoms with E-state index in [0.29, 0.717) is 21.5 Å². The summed E-state index contributed by atoms with van der Waals surface area (Å²) < 4.78 is 30.7. The van der Waals surface area contributed by atoms with Crippen LogP contribution in [0.3, 0.4) is 0 Å². The third-order valence-electron chi connectivity index (χ3n) is 2.86. The molecule has 0 aliphatic rings. The summed E-state index contributed by atoms with van der Waals surface area (Å²) in [5.74, 6) is 0.487. The standard InChI is InChI=1S/C14H13BrClNO3S/c1-20-13-4-2-9(6-11(13)15)8-21(18,19)14-5-3-10(17)7-12(14)16/h2-7H,8,17H2,1H3. The molecule has 0 amide bonds. The average Bonchev–Trinajstić information content (AvgIpc) is 2.37. The highest BCUT2D eigenvalue weighted by atomic mass is 79.9. The van der Waals surface area contributed by atoms with Crippen molar-refractivity contribution in [3.63, 3.8) is 0 Å². The Kier molecular flexibility index (Phi) is 4.81. The molecule has 2 rings (SSSR count).